The number of carbonyl (C=O) groups is 1. The van der Waals surface area contributed by atoms with Crippen molar-refractivity contribution in [3.8, 4) is 11.5 Å². The molecule has 0 spiro atoms. The first-order chi connectivity index (χ1) is 16.0. The minimum Gasteiger partial charge on any atom is -0.492 e. The molecule has 0 radical (unpaired) electrons. The number of methoxy groups -OCH3 is 1. The highest BCUT2D eigenvalue weighted by atomic mass is 19.1. The lowest BCUT2D eigenvalue weighted by molar-refractivity contribution is 0.0781. The van der Waals surface area contributed by atoms with Crippen LogP contribution in [-0.4, -0.2) is 29.5 Å². The van der Waals surface area contributed by atoms with Crippen LogP contribution in [0.3, 0.4) is 0 Å². The predicted molar refractivity (Wildman–Crippen MR) is 126 cm³/mol. The van der Waals surface area contributed by atoms with Crippen molar-refractivity contribution in [3.05, 3.63) is 95.2 Å². The van der Waals surface area contributed by atoms with E-state index in [4.69, 9.17) is 9.47 Å². The molecule has 0 fully saturated rings. The standard InChI is InChI=1S/C27H27FN2O3/c1-4-12-33-25-7-5-6-23(26(25)32-3)24-14-21(19-8-10-22(28)11-9-19)17-30(24)27(31)20-13-18(2)15-29-16-20/h5-11,13,15-17,24H,4,12,14H2,1-3H3. The van der Waals surface area contributed by atoms with Gasteiger partial charge in [0.2, 0.25) is 0 Å². The second-order valence-electron chi connectivity index (χ2n) is 8.07. The maximum atomic E-state index is 13.6. The van der Waals surface area contributed by atoms with Gasteiger partial charge < -0.3 is 14.4 Å². The Labute approximate surface area is 193 Å². The summed E-state index contributed by atoms with van der Waals surface area (Å²) in [4.78, 5) is 19.5. The fraction of sp³-hybridized carbons (Fsp3) is 0.259. The Kier molecular flexibility index (Phi) is 6.73. The highest BCUT2D eigenvalue weighted by Gasteiger charge is 2.34. The Hall–Kier alpha value is -3.67. The molecule has 3 aromatic rings. The van der Waals surface area contributed by atoms with Crippen LogP contribution in [0.5, 0.6) is 11.5 Å². The Morgan fingerprint density at radius 1 is 1.18 bits per heavy atom. The second-order valence-corrected chi connectivity index (χ2v) is 8.07. The maximum Gasteiger partial charge on any atom is 0.259 e. The molecule has 0 bridgehead atoms. The monoisotopic (exact) mass is 446 g/mol. The van der Waals surface area contributed by atoms with E-state index in [1.165, 1.54) is 12.1 Å². The van der Waals surface area contributed by atoms with E-state index >= 15 is 0 Å². The van der Waals surface area contributed by atoms with Gasteiger partial charge in [-0.05, 0) is 60.7 Å². The van der Waals surface area contributed by atoms with Gasteiger partial charge in [-0.25, -0.2) is 4.39 Å². The molecule has 0 saturated carbocycles. The third-order valence-electron chi connectivity index (χ3n) is 5.65. The number of ether oxygens (including phenoxy) is 2. The van der Waals surface area contributed by atoms with Gasteiger partial charge in [0.1, 0.15) is 5.82 Å². The third kappa shape index (κ3) is 4.75. The van der Waals surface area contributed by atoms with Crippen LogP contribution in [-0.2, 0) is 0 Å². The molecule has 1 aliphatic rings. The molecule has 1 amide bonds. The smallest absolute Gasteiger partial charge is 0.259 e. The zero-order valence-corrected chi connectivity index (χ0v) is 19.0. The summed E-state index contributed by atoms with van der Waals surface area (Å²) in [6, 6.07) is 13.6. The van der Waals surface area contributed by atoms with Crippen molar-refractivity contribution in [3.63, 3.8) is 0 Å². The summed E-state index contributed by atoms with van der Waals surface area (Å²) >= 11 is 0. The predicted octanol–water partition coefficient (Wildman–Crippen LogP) is 5.95. The van der Waals surface area contributed by atoms with Crippen LogP contribution < -0.4 is 9.47 Å². The summed E-state index contributed by atoms with van der Waals surface area (Å²) in [5, 5.41) is 0. The van der Waals surface area contributed by atoms with Gasteiger partial charge in [-0.1, -0.05) is 31.2 Å². The summed E-state index contributed by atoms with van der Waals surface area (Å²) in [7, 11) is 1.61. The zero-order valence-electron chi connectivity index (χ0n) is 19.0. The summed E-state index contributed by atoms with van der Waals surface area (Å²) in [6.07, 6.45) is 6.58. The number of halogens is 1. The van der Waals surface area contributed by atoms with Crippen LogP contribution in [0.1, 0.15) is 52.9 Å². The van der Waals surface area contributed by atoms with Crippen LogP contribution in [0, 0.1) is 12.7 Å². The van der Waals surface area contributed by atoms with Crippen molar-refractivity contribution in [2.75, 3.05) is 13.7 Å². The molecule has 33 heavy (non-hydrogen) atoms. The quantitative estimate of drug-likeness (QED) is 0.450. The molecule has 5 nitrogen and oxygen atoms in total. The van der Waals surface area contributed by atoms with Crippen molar-refractivity contribution in [1.82, 2.24) is 9.88 Å². The number of carbonyl (C=O) groups excluding carboxylic acids is 1. The number of nitrogens with zero attached hydrogens (tertiary/aromatic N) is 2. The van der Waals surface area contributed by atoms with Crippen LogP contribution in [0.25, 0.3) is 5.57 Å². The molecule has 170 valence electrons. The Bertz CT molecular complexity index is 1170. The fourth-order valence-corrected chi connectivity index (χ4v) is 4.09. The third-order valence-corrected chi connectivity index (χ3v) is 5.65. The molecule has 1 atom stereocenters. The van der Waals surface area contributed by atoms with Gasteiger partial charge in [0.15, 0.2) is 11.5 Å². The van der Waals surface area contributed by atoms with Crippen molar-refractivity contribution in [1.29, 1.82) is 0 Å². The van der Waals surface area contributed by atoms with E-state index in [1.54, 1.807) is 36.5 Å². The number of aromatic nitrogens is 1. The van der Waals surface area contributed by atoms with Crippen LogP contribution in [0.2, 0.25) is 0 Å². The van der Waals surface area contributed by atoms with Crippen LogP contribution >= 0.6 is 0 Å². The number of hydrogen-bond donors (Lipinski definition) is 0. The Morgan fingerprint density at radius 2 is 1.97 bits per heavy atom. The van der Waals surface area contributed by atoms with E-state index in [1.807, 2.05) is 44.3 Å². The largest absolute Gasteiger partial charge is 0.492 e. The van der Waals surface area contributed by atoms with E-state index in [-0.39, 0.29) is 17.8 Å². The van der Waals surface area contributed by atoms with E-state index in [9.17, 15) is 9.18 Å². The SMILES string of the molecule is CCCOc1cccc(C2CC(c3ccc(F)cc3)=CN2C(=O)c2cncc(C)c2)c1OC. The van der Waals surface area contributed by atoms with E-state index in [0.29, 0.717) is 30.1 Å². The fourth-order valence-electron chi connectivity index (χ4n) is 4.09. The highest BCUT2D eigenvalue weighted by molar-refractivity contribution is 5.96. The summed E-state index contributed by atoms with van der Waals surface area (Å²) in [5.74, 6) is 0.812. The highest BCUT2D eigenvalue weighted by Crippen LogP contribution is 2.45. The molecular formula is C27H27FN2O3. The first-order valence-electron chi connectivity index (χ1n) is 11.0. The number of aryl methyl sites for hydroxylation is 1. The minimum absolute atomic E-state index is 0.157. The first kappa shape index (κ1) is 22.5. The summed E-state index contributed by atoms with van der Waals surface area (Å²) in [6.45, 7) is 4.52. The van der Waals surface area contributed by atoms with Gasteiger partial charge in [-0.2, -0.15) is 0 Å². The van der Waals surface area contributed by atoms with Crippen molar-refractivity contribution in [2.24, 2.45) is 0 Å². The average Bonchev–Trinajstić information content (AvgIpc) is 3.27. The number of rotatable bonds is 7. The second kappa shape index (κ2) is 9.86. The average molecular weight is 447 g/mol. The number of amides is 1. The molecule has 1 aromatic heterocycles. The van der Waals surface area contributed by atoms with Gasteiger partial charge >= 0.3 is 0 Å². The van der Waals surface area contributed by atoms with E-state index < -0.39 is 0 Å². The van der Waals surface area contributed by atoms with Crippen molar-refractivity contribution < 1.29 is 18.7 Å². The summed E-state index contributed by atoms with van der Waals surface area (Å²) < 4.78 is 25.2. The van der Waals surface area contributed by atoms with Gasteiger partial charge in [0, 0.05) is 24.2 Å². The number of benzene rings is 2. The van der Waals surface area contributed by atoms with Crippen molar-refractivity contribution in [2.45, 2.75) is 32.7 Å². The topological polar surface area (TPSA) is 51.7 Å². The van der Waals surface area contributed by atoms with Gasteiger partial charge in [0.05, 0.1) is 25.3 Å². The molecule has 2 aromatic carbocycles. The van der Waals surface area contributed by atoms with Gasteiger partial charge in [0.25, 0.3) is 5.91 Å². The molecule has 1 aliphatic heterocycles. The Balaban J connectivity index is 1.77. The lowest BCUT2D eigenvalue weighted by atomic mass is 9.96. The molecule has 0 N–H and O–H groups in total. The molecule has 0 aliphatic carbocycles. The number of hydrogen-bond acceptors (Lipinski definition) is 4. The molecule has 4 rings (SSSR count). The zero-order chi connectivity index (χ0) is 23.4. The Morgan fingerprint density at radius 3 is 2.67 bits per heavy atom. The lowest BCUT2D eigenvalue weighted by Gasteiger charge is -2.26. The van der Waals surface area contributed by atoms with Crippen molar-refractivity contribution >= 4 is 11.5 Å². The normalized spacial score (nSPS) is 15.3. The van der Waals surface area contributed by atoms with Gasteiger partial charge in [-0.3, -0.25) is 9.78 Å². The van der Waals surface area contributed by atoms with Crippen LogP contribution in [0.4, 0.5) is 4.39 Å². The maximum absolute atomic E-state index is 13.6. The minimum atomic E-state index is -0.307. The first-order valence-corrected chi connectivity index (χ1v) is 11.0. The summed E-state index contributed by atoms with van der Waals surface area (Å²) in [5.41, 5.74) is 4.08. The molecule has 6 heteroatoms. The van der Waals surface area contributed by atoms with E-state index in [0.717, 1.165) is 28.7 Å². The molecule has 0 saturated heterocycles. The number of para-hydroxylation sites is 1. The van der Waals surface area contributed by atoms with Gasteiger partial charge in [-0.15, -0.1) is 0 Å². The molecular weight excluding hydrogens is 419 g/mol. The number of pyridine rings is 1. The molecule has 2 heterocycles. The molecule has 1 unspecified atom stereocenters. The van der Waals surface area contributed by atoms with Crippen LogP contribution in [0.15, 0.2) is 67.1 Å². The lowest BCUT2D eigenvalue weighted by Crippen LogP contribution is -2.27. The van der Waals surface area contributed by atoms with E-state index in [2.05, 4.69) is 4.98 Å².